The van der Waals surface area contributed by atoms with Gasteiger partial charge in [-0.25, -0.2) is 0 Å². The van der Waals surface area contributed by atoms with Crippen molar-refractivity contribution in [2.75, 3.05) is 0 Å². The number of para-hydroxylation sites is 4. The Morgan fingerprint density at radius 2 is 0.724 bits per heavy atom. The SMILES string of the molecule is c1ccc(-n2c3ccncc3c3cc(-n4c5ccccc5c5c4ccc4c6ccccc6n(-c6ccc7c(c6)c6cnccc6n7-c6ccccc6)c45)ccc32)cc1. The van der Waals surface area contributed by atoms with Gasteiger partial charge >= 0.3 is 0 Å². The molecule has 6 heteroatoms. The molecule has 6 heterocycles. The van der Waals surface area contributed by atoms with Crippen LogP contribution in [0.25, 0.3) is 110 Å². The fourth-order valence-corrected chi connectivity index (χ4v) is 9.75. The molecule has 0 bridgehead atoms. The maximum absolute atomic E-state index is 4.59. The Morgan fingerprint density at radius 3 is 1.33 bits per heavy atom. The first kappa shape index (κ1) is 31.3. The Kier molecular flexibility index (Phi) is 6.35. The lowest BCUT2D eigenvalue weighted by Gasteiger charge is -2.12. The van der Waals surface area contributed by atoms with Crippen LogP contribution in [-0.2, 0) is 0 Å². The molecule has 0 unspecified atom stereocenters. The molecule has 0 radical (unpaired) electrons. The van der Waals surface area contributed by atoms with Crippen molar-refractivity contribution in [1.29, 1.82) is 0 Å². The summed E-state index contributed by atoms with van der Waals surface area (Å²) in [5.74, 6) is 0. The summed E-state index contributed by atoms with van der Waals surface area (Å²) in [6, 6.07) is 61.5. The van der Waals surface area contributed by atoms with Crippen molar-refractivity contribution in [3.63, 3.8) is 0 Å². The maximum Gasteiger partial charge on any atom is 0.0641 e. The first-order valence-electron chi connectivity index (χ1n) is 19.7. The molecule has 0 atom stereocenters. The smallest absolute Gasteiger partial charge is 0.0641 e. The third-order valence-electron chi connectivity index (χ3n) is 12.1. The van der Waals surface area contributed by atoms with Crippen molar-refractivity contribution in [2.45, 2.75) is 0 Å². The Morgan fingerprint density at radius 1 is 0.276 bits per heavy atom. The van der Waals surface area contributed by atoms with Crippen molar-refractivity contribution in [2.24, 2.45) is 0 Å². The Labute approximate surface area is 331 Å². The maximum atomic E-state index is 4.59. The predicted octanol–water partition coefficient (Wildman–Crippen LogP) is 12.9. The summed E-state index contributed by atoms with van der Waals surface area (Å²) in [7, 11) is 0. The van der Waals surface area contributed by atoms with Crippen molar-refractivity contribution >= 4 is 87.2 Å². The summed E-state index contributed by atoms with van der Waals surface area (Å²) in [4.78, 5) is 9.17. The van der Waals surface area contributed by atoms with Crippen LogP contribution in [-0.4, -0.2) is 28.2 Å². The first-order valence-corrected chi connectivity index (χ1v) is 19.7. The van der Waals surface area contributed by atoms with E-state index in [-0.39, 0.29) is 0 Å². The van der Waals surface area contributed by atoms with E-state index in [0.29, 0.717) is 0 Å². The van der Waals surface area contributed by atoms with Gasteiger partial charge < -0.3 is 18.3 Å². The van der Waals surface area contributed by atoms with Gasteiger partial charge in [-0.15, -0.1) is 0 Å². The van der Waals surface area contributed by atoms with Gasteiger partial charge in [-0.1, -0.05) is 78.9 Å². The van der Waals surface area contributed by atoms with E-state index < -0.39 is 0 Å². The van der Waals surface area contributed by atoms with Gasteiger partial charge in [0.25, 0.3) is 0 Å². The molecule has 0 fully saturated rings. The zero-order chi connectivity index (χ0) is 37.9. The summed E-state index contributed by atoms with van der Waals surface area (Å²) < 4.78 is 9.61. The van der Waals surface area contributed by atoms with Crippen LogP contribution in [0, 0.1) is 0 Å². The highest BCUT2D eigenvalue weighted by Gasteiger charge is 2.23. The fourth-order valence-electron chi connectivity index (χ4n) is 9.75. The zero-order valence-electron chi connectivity index (χ0n) is 31.2. The number of pyridine rings is 2. The molecule has 0 aliphatic rings. The lowest BCUT2D eigenvalue weighted by atomic mass is 10.1. The van der Waals surface area contributed by atoms with E-state index in [4.69, 9.17) is 0 Å². The van der Waals surface area contributed by atoms with Crippen molar-refractivity contribution < 1.29 is 0 Å². The highest BCUT2D eigenvalue weighted by atomic mass is 15.0. The number of nitrogens with zero attached hydrogens (tertiary/aromatic N) is 6. The number of aromatic nitrogens is 6. The van der Waals surface area contributed by atoms with E-state index in [1.807, 2.05) is 24.8 Å². The summed E-state index contributed by atoms with van der Waals surface area (Å²) >= 11 is 0. The third-order valence-corrected chi connectivity index (χ3v) is 12.1. The van der Waals surface area contributed by atoms with Crippen molar-refractivity contribution in [3.8, 4) is 22.7 Å². The Hall–Kier alpha value is -7.96. The quantitative estimate of drug-likeness (QED) is 0.180. The molecule has 7 aromatic carbocycles. The van der Waals surface area contributed by atoms with Crippen LogP contribution in [0.3, 0.4) is 0 Å². The second-order valence-electron chi connectivity index (χ2n) is 15.1. The summed E-state index contributed by atoms with van der Waals surface area (Å²) in [6.07, 6.45) is 7.77. The lowest BCUT2D eigenvalue weighted by Crippen LogP contribution is -1.97. The standard InChI is InChI=1S/C52H32N6/c1-3-11-33(12-4-1)55-46-22-19-35(29-40(46)42-31-53-27-25-48(42)55)57-45-18-10-8-16-39(45)51-50(57)24-21-38-37-15-7-9-17-44(37)58(52(38)51)36-20-23-47-41(30-36)43-32-54-28-26-49(43)56(47)34-13-5-2-6-14-34/h1-32H. The molecule has 270 valence electrons. The molecule has 0 spiro atoms. The number of fused-ring (bicyclic) bond motifs is 13. The summed E-state index contributed by atoms with van der Waals surface area (Å²) in [5.41, 5.74) is 13.8. The molecule has 0 N–H and O–H groups in total. The Balaban J connectivity index is 1.11. The van der Waals surface area contributed by atoms with E-state index >= 15 is 0 Å². The normalized spacial score (nSPS) is 12.1. The van der Waals surface area contributed by atoms with Gasteiger partial charge in [-0.3, -0.25) is 9.97 Å². The number of rotatable bonds is 4. The monoisotopic (exact) mass is 740 g/mol. The summed E-state index contributed by atoms with van der Waals surface area (Å²) in [6.45, 7) is 0. The van der Waals surface area contributed by atoms with Gasteiger partial charge in [0.2, 0.25) is 0 Å². The molecule has 13 aromatic rings. The number of hydrogen-bond acceptors (Lipinski definition) is 2. The van der Waals surface area contributed by atoms with E-state index in [1.54, 1.807) is 0 Å². The molecule has 13 rings (SSSR count). The van der Waals surface area contributed by atoms with E-state index in [9.17, 15) is 0 Å². The van der Waals surface area contributed by atoms with Gasteiger partial charge in [0, 0.05) is 90.6 Å². The minimum Gasteiger partial charge on any atom is -0.309 e. The van der Waals surface area contributed by atoms with Gasteiger partial charge in [0.15, 0.2) is 0 Å². The Bertz CT molecular complexity index is 3790. The third kappa shape index (κ3) is 4.20. The van der Waals surface area contributed by atoms with Crippen LogP contribution in [0.1, 0.15) is 0 Å². The largest absolute Gasteiger partial charge is 0.309 e. The van der Waals surface area contributed by atoms with Crippen molar-refractivity contribution in [3.05, 3.63) is 195 Å². The second kappa shape index (κ2) is 11.8. The molecule has 0 aliphatic heterocycles. The first-order chi connectivity index (χ1) is 28.8. The molecular weight excluding hydrogens is 709 g/mol. The van der Waals surface area contributed by atoms with E-state index in [0.717, 1.165) is 61.1 Å². The van der Waals surface area contributed by atoms with Crippen LogP contribution in [0.5, 0.6) is 0 Å². The zero-order valence-corrected chi connectivity index (χ0v) is 31.2. The van der Waals surface area contributed by atoms with Crippen LogP contribution in [0.2, 0.25) is 0 Å². The average molecular weight is 741 g/mol. The van der Waals surface area contributed by atoms with Gasteiger partial charge in [-0.2, -0.15) is 0 Å². The fraction of sp³-hybridized carbons (Fsp3) is 0. The van der Waals surface area contributed by atoms with Gasteiger partial charge in [0.05, 0.1) is 44.1 Å². The minimum absolute atomic E-state index is 1.11. The average Bonchev–Trinajstić information content (AvgIpc) is 4.01. The highest BCUT2D eigenvalue weighted by Crippen LogP contribution is 2.44. The lowest BCUT2D eigenvalue weighted by molar-refractivity contribution is 1.16. The highest BCUT2D eigenvalue weighted by molar-refractivity contribution is 6.26. The molecule has 6 aromatic heterocycles. The van der Waals surface area contributed by atoms with Crippen LogP contribution in [0.4, 0.5) is 0 Å². The molecule has 6 nitrogen and oxygen atoms in total. The van der Waals surface area contributed by atoms with Crippen molar-refractivity contribution in [1.82, 2.24) is 28.2 Å². The molecule has 0 saturated carbocycles. The van der Waals surface area contributed by atoms with E-state index in [1.165, 1.54) is 48.9 Å². The second-order valence-corrected chi connectivity index (χ2v) is 15.1. The van der Waals surface area contributed by atoms with Crippen LogP contribution in [0.15, 0.2) is 195 Å². The topological polar surface area (TPSA) is 45.5 Å². The number of benzene rings is 7. The summed E-state index contributed by atoms with van der Waals surface area (Å²) in [5, 5.41) is 9.50. The van der Waals surface area contributed by atoms with Crippen LogP contribution < -0.4 is 0 Å². The molecule has 0 amide bonds. The number of hydrogen-bond donors (Lipinski definition) is 0. The molecule has 0 aliphatic carbocycles. The van der Waals surface area contributed by atoms with Gasteiger partial charge in [-0.05, 0) is 91.0 Å². The van der Waals surface area contributed by atoms with E-state index in [2.05, 4.69) is 198 Å². The predicted molar refractivity (Wildman–Crippen MR) is 239 cm³/mol. The van der Waals surface area contributed by atoms with Crippen LogP contribution >= 0.6 is 0 Å². The molecule has 0 saturated heterocycles. The minimum atomic E-state index is 1.11. The molecule has 58 heavy (non-hydrogen) atoms. The molecular formula is C52H32N6. The van der Waals surface area contributed by atoms with Gasteiger partial charge in [0.1, 0.15) is 0 Å².